The molecule has 1 atom stereocenters. The highest BCUT2D eigenvalue weighted by molar-refractivity contribution is 7.07. The molecule has 80 valence electrons. The topological polar surface area (TPSA) is 32.3 Å². The van der Waals surface area contributed by atoms with E-state index in [1.807, 2.05) is 6.92 Å². The van der Waals surface area contributed by atoms with E-state index in [1.165, 1.54) is 5.56 Å². The molecule has 0 saturated carbocycles. The molecule has 0 aliphatic carbocycles. The lowest BCUT2D eigenvalue weighted by molar-refractivity contribution is 0.0517. The highest BCUT2D eigenvalue weighted by atomic mass is 32.1. The van der Waals surface area contributed by atoms with Gasteiger partial charge in [0.25, 0.3) is 0 Å². The number of aryl methyl sites for hydroxylation is 1. The smallest absolute Gasteiger partial charge is 0.0746 e. The molecule has 3 heteroatoms. The second-order valence-electron chi connectivity index (χ2n) is 3.91. The molecule has 1 heterocycles. The van der Waals surface area contributed by atoms with Crippen LogP contribution in [-0.2, 0) is 6.42 Å². The first-order chi connectivity index (χ1) is 6.64. The van der Waals surface area contributed by atoms with Gasteiger partial charge in [0.05, 0.1) is 5.60 Å². The Labute approximate surface area is 90.0 Å². The molecule has 1 aromatic rings. The number of rotatable bonds is 6. The molecular weight excluding hydrogens is 194 g/mol. The van der Waals surface area contributed by atoms with E-state index in [2.05, 4.69) is 29.1 Å². The molecular formula is C11H19NOS. The first-order valence-electron chi connectivity index (χ1n) is 5.08. The second-order valence-corrected chi connectivity index (χ2v) is 4.69. The maximum Gasteiger partial charge on any atom is 0.0746 e. The van der Waals surface area contributed by atoms with Gasteiger partial charge in [-0.25, -0.2) is 0 Å². The van der Waals surface area contributed by atoms with Crippen molar-refractivity contribution in [1.29, 1.82) is 0 Å². The van der Waals surface area contributed by atoms with Crippen LogP contribution in [0.3, 0.4) is 0 Å². The van der Waals surface area contributed by atoms with E-state index in [1.54, 1.807) is 11.3 Å². The summed E-state index contributed by atoms with van der Waals surface area (Å²) >= 11 is 1.71. The highest BCUT2D eigenvalue weighted by Crippen LogP contribution is 2.15. The predicted molar refractivity (Wildman–Crippen MR) is 61.8 cm³/mol. The quantitative estimate of drug-likeness (QED) is 0.758. The summed E-state index contributed by atoms with van der Waals surface area (Å²) in [5, 5.41) is 17.4. The van der Waals surface area contributed by atoms with Crippen molar-refractivity contribution in [2.24, 2.45) is 0 Å². The Morgan fingerprint density at radius 3 is 2.93 bits per heavy atom. The lowest BCUT2D eigenvalue weighted by Crippen LogP contribution is -2.38. The first kappa shape index (κ1) is 11.7. The molecule has 0 aliphatic rings. The maximum absolute atomic E-state index is 9.99. The zero-order valence-corrected chi connectivity index (χ0v) is 9.73. The monoisotopic (exact) mass is 213 g/mol. The van der Waals surface area contributed by atoms with Crippen LogP contribution in [0.1, 0.15) is 25.8 Å². The Morgan fingerprint density at radius 1 is 1.57 bits per heavy atom. The standard InChI is InChI=1S/C11H19NOS/c1-3-12-9-11(2,13)6-4-10-5-7-14-8-10/h5,7-8,12-13H,3-4,6,9H2,1-2H3. The third-order valence-corrected chi connectivity index (χ3v) is 3.02. The minimum Gasteiger partial charge on any atom is -0.389 e. The van der Waals surface area contributed by atoms with Gasteiger partial charge in [0.1, 0.15) is 0 Å². The summed E-state index contributed by atoms with van der Waals surface area (Å²) in [6.07, 6.45) is 1.78. The molecule has 2 N–H and O–H groups in total. The Morgan fingerprint density at radius 2 is 2.36 bits per heavy atom. The summed E-state index contributed by atoms with van der Waals surface area (Å²) < 4.78 is 0. The van der Waals surface area contributed by atoms with Crippen LogP contribution in [0.5, 0.6) is 0 Å². The molecule has 0 fully saturated rings. The summed E-state index contributed by atoms with van der Waals surface area (Å²) in [4.78, 5) is 0. The molecule has 1 unspecified atom stereocenters. The van der Waals surface area contributed by atoms with Crippen LogP contribution in [-0.4, -0.2) is 23.8 Å². The lowest BCUT2D eigenvalue weighted by atomic mass is 9.98. The van der Waals surface area contributed by atoms with E-state index in [-0.39, 0.29) is 0 Å². The van der Waals surface area contributed by atoms with Crippen LogP contribution in [0.2, 0.25) is 0 Å². The van der Waals surface area contributed by atoms with E-state index in [0.717, 1.165) is 19.4 Å². The van der Waals surface area contributed by atoms with Gasteiger partial charge in [0, 0.05) is 6.54 Å². The Hall–Kier alpha value is -0.380. The zero-order chi connectivity index (χ0) is 10.4. The normalized spacial score (nSPS) is 15.4. The number of aliphatic hydroxyl groups is 1. The van der Waals surface area contributed by atoms with Crippen molar-refractivity contribution in [2.45, 2.75) is 32.3 Å². The number of hydrogen-bond donors (Lipinski definition) is 2. The predicted octanol–water partition coefficient (Wildman–Crippen LogP) is 2.04. The molecule has 0 radical (unpaired) electrons. The van der Waals surface area contributed by atoms with Gasteiger partial charge < -0.3 is 10.4 Å². The van der Waals surface area contributed by atoms with E-state index < -0.39 is 5.60 Å². The summed E-state index contributed by atoms with van der Waals surface area (Å²) in [6.45, 7) is 5.53. The fraction of sp³-hybridized carbons (Fsp3) is 0.636. The molecule has 0 spiro atoms. The average molecular weight is 213 g/mol. The summed E-state index contributed by atoms with van der Waals surface area (Å²) in [5.74, 6) is 0. The van der Waals surface area contributed by atoms with Crippen LogP contribution in [0.4, 0.5) is 0 Å². The lowest BCUT2D eigenvalue weighted by Gasteiger charge is -2.23. The molecule has 0 saturated heterocycles. The van der Waals surface area contributed by atoms with Gasteiger partial charge in [0.15, 0.2) is 0 Å². The molecule has 1 rings (SSSR count). The Bertz CT molecular complexity index is 244. The molecule has 0 bridgehead atoms. The largest absolute Gasteiger partial charge is 0.389 e. The second kappa shape index (κ2) is 5.49. The fourth-order valence-corrected chi connectivity index (χ4v) is 2.03. The van der Waals surface area contributed by atoms with E-state index in [4.69, 9.17) is 0 Å². The molecule has 0 aliphatic heterocycles. The highest BCUT2D eigenvalue weighted by Gasteiger charge is 2.18. The zero-order valence-electron chi connectivity index (χ0n) is 8.92. The fourth-order valence-electron chi connectivity index (χ4n) is 1.33. The van der Waals surface area contributed by atoms with Gasteiger partial charge in [-0.1, -0.05) is 6.92 Å². The Balaban J connectivity index is 2.28. The van der Waals surface area contributed by atoms with Gasteiger partial charge in [-0.3, -0.25) is 0 Å². The average Bonchev–Trinajstić information content (AvgIpc) is 2.64. The van der Waals surface area contributed by atoms with Crippen LogP contribution in [0, 0.1) is 0 Å². The van der Waals surface area contributed by atoms with Gasteiger partial charge in [-0.2, -0.15) is 11.3 Å². The third kappa shape index (κ3) is 4.22. The van der Waals surface area contributed by atoms with Crippen molar-refractivity contribution in [3.8, 4) is 0 Å². The number of likely N-dealkylation sites (N-methyl/N-ethyl adjacent to an activating group) is 1. The molecule has 2 nitrogen and oxygen atoms in total. The molecule has 0 amide bonds. The van der Waals surface area contributed by atoms with E-state index in [0.29, 0.717) is 6.54 Å². The van der Waals surface area contributed by atoms with Crippen molar-refractivity contribution in [3.05, 3.63) is 22.4 Å². The molecule has 0 aromatic carbocycles. The van der Waals surface area contributed by atoms with Crippen LogP contribution >= 0.6 is 11.3 Å². The summed E-state index contributed by atoms with van der Waals surface area (Å²) in [6, 6.07) is 2.12. The molecule has 14 heavy (non-hydrogen) atoms. The summed E-state index contributed by atoms with van der Waals surface area (Å²) in [7, 11) is 0. The minimum absolute atomic E-state index is 0.585. The van der Waals surface area contributed by atoms with Crippen molar-refractivity contribution in [2.75, 3.05) is 13.1 Å². The van der Waals surface area contributed by atoms with Gasteiger partial charge >= 0.3 is 0 Å². The SMILES string of the molecule is CCNCC(C)(O)CCc1ccsc1. The van der Waals surface area contributed by atoms with E-state index >= 15 is 0 Å². The van der Waals surface area contributed by atoms with E-state index in [9.17, 15) is 5.11 Å². The summed E-state index contributed by atoms with van der Waals surface area (Å²) in [5.41, 5.74) is 0.740. The van der Waals surface area contributed by atoms with Crippen LogP contribution < -0.4 is 5.32 Å². The van der Waals surface area contributed by atoms with Crippen molar-refractivity contribution < 1.29 is 5.11 Å². The van der Waals surface area contributed by atoms with Gasteiger partial charge in [-0.05, 0) is 48.7 Å². The third-order valence-electron chi connectivity index (χ3n) is 2.29. The van der Waals surface area contributed by atoms with Crippen LogP contribution in [0.25, 0.3) is 0 Å². The molecule has 1 aromatic heterocycles. The first-order valence-corrected chi connectivity index (χ1v) is 6.02. The number of nitrogens with one attached hydrogen (secondary N) is 1. The van der Waals surface area contributed by atoms with Crippen LogP contribution in [0.15, 0.2) is 16.8 Å². The Kier molecular flexibility index (Phi) is 4.58. The van der Waals surface area contributed by atoms with Crippen molar-refractivity contribution in [3.63, 3.8) is 0 Å². The number of hydrogen-bond acceptors (Lipinski definition) is 3. The van der Waals surface area contributed by atoms with Crippen molar-refractivity contribution in [1.82, 2.24) is 5.32 Å². The van der Waals surface area contributed by atoms with Gasteiger partial charge in [-0.15, -0.1) is 0 Å². The number of thiophene rings is 1. The maximum atomic E-state index is 9.99. The van der Waals surface area contributed by atoms with Gasteiger partial charge in [0.2, 0.25) is 0 Å². The van der Waals surface area contributed by atoms with Crippen molar-refractivity contribution >= 4 is 11.3 Å². The minimum atomic E-state index is -0.585.